The van der Waals surface area contributed by atoms with E-state index in [4.69, 9.17) is 19.4 Å². The number of aromatic amines is 1. The summed E-state index contributed by atoms with van der Waals surface area (Å²) in [5.41, 5.74) is 3.15. The van der Waals surface area contributed by atoms with Crippen LogP contribution in [0.1, 0.15) is 11.1 Å². The summed E-state index contributed by atoms with van der Waals surface area (Å²) in [7, 11) is -4.08. The predicted octanol–water partition coefficient (Wildman–Crippen LogP) is 0.935. The third-order valence-corrected chi connectivity index (χ3v) is 4.53. The van der Waals surface area contributed by atoms with Crippen LogP contribution in [0, 0.1) is 0 Å². The van der Waals surface area contributed by atoms with Crippen molar-refractivity contribution in [2.75, 3.05) is 12.7 Å². The van der Waals surface area contributed by atoms with Gasteiger partial charge in [-0.2, -0.15) is 19.7 Å². The molecule has 0 fully saturated rings. The number of nitrogens with zero attached hydrogens (tertiary/aromatic N) is 2. The van der Waals surface area contributed by atoms with E-state index in [1.165, 1.54) is 6.33 Å². The fourth-order valence-corrected chi connectivity index (χ4v) is 3.15. The molecular formula is C17H20N4O5P+. The van der Waals surface area contributed by atoms with Crippen molar-refractivity contribution in [1.82, 2.24) is 20.3 Å². The molecule has 3 rings (SSSR count). The van der Waals surface area contributed by atoms with Gasteiger partial charge >= 0.3 is 7.94 Å². The van der Waals surface area contributed by atoms with Gasteiger partial charge in [-0.3, -0.25) is 4.79 Å². The average molecular weight is 391 g/mol. The molecule has 142 valence electrons. The van der Waals surface area contributed by atoms with Gasteiger partial charge in [-0.1, -0.05) is 30.3 Å². The summed E-state index contributed by atoms with van der Waals surface area (Å²) in [6, 6.07) is 9.72. The van der Waals surface area contributed by atoms with Crippen molar-refractivity contribution in [3.05, 3.63) is 54.0 Å². The van der Waals surface area contributed by atoms with E-state index in [0.29, 0.717) is 30.1 Å². The standard InChI is InChI=1S/C17H20N4O5P/c22-14(10-27(23,24)25)8-18-6-13-7-19-16-15(13)20-11-21-17(16)26-9-12-4-2-1-3-5-12/h1-5,7,11,18-19,23-25H,6,8-10H2/q+1. The maximum Gasteiger partial charge on any atom is 0.411 e. The topological polar surface area (TPSA) is 141 Å². The van der Waals surface area contributed by atoms with Crippen molar-refractivity contribution in [3.8, 4) is 5.88 Å². The first-order valence-electron chi connectivity index (χ1n) is 8.19. The minimum Gasteiger partial charge on any atom is -0.471 e. The highest BCUT2D eigenvalue weighted by Gasteiger charge is 2.33. The molecule has 0 unspecified atom stereocenters. The lowest BCUT2D eigenvalue weighted by atomic mass is 10.2. The minimum absolute atomic E-state index is 0.0987. The van der Waals surface area contributed by atoms with E-state index >= 15 is 0 Å². The van der Waals surface area contributed by atoms with Crippen LogP contribution < -0.4 is 10.1 Å². The Kier molecular flexibility index (Phi) is 6.10. The first-order chi connectivity index (χ1) is 12.9. The molecule has 0 saturated heterocycles. The maximum atomic E-state index is 11.6. The molecule has 5 N–H and O–H groups in total. The zero-order valence-corrected chi connectivity index (χ0v) is 15.3. The van der Waals surface area contributed by atoms with Crippen LogP contribution in [0.15, 0.2) is 42.9 Å². The van der Waals surface area contributed by atoms with E-state index in [1.54, 1.807) is 6.20 Å². The number of aromatic nitrogens is 3. The minimum atomic E-state index is -4.08. The number of hydrogen-bond acceptors (Lipinski definition) is 8. The number of carbonyl (C=O) groups excluding carboxylic acids is 1. The number of ketones is 1. The normalized spacial score (nSPS) is 11.7. The number of hydrogen-bond donors (Lipinski definition) is 5. The Morgan fingerprint density at radius 3 is 2.70 bits per heavy atom. The molecule has 0 spiro atoms. The van der Waals surface area contributed by atoms with E-state index in [9.17, 15) is 4.79 Å². The molecule has 0 aliphatic carbocycles. The van der Waals surface area contributed by atoms with Crippen molar-refractivity contribution < 1.29 is 24.2 Å². The lowest BCUT2D eigenvalue weighted by molar-refractivity contribution is -0.116. The van der Waals surface area contributed by atoms with Gasteiger partial charge in [-0.05, 0) is 5.56 Å². The zero-order valence-electron chi connectivity index (χ0n) is 14.4. The van der Waals surface area contributed by atoms with Crippen molar-refractivity contribution in [3.63, 3.8) is 0 Å². The van der Waals surface area contributed by atoms with E-state index in [-0.39, 0.29) is 6.54 Å². The zero-order chi connectivity index (χ0) is 19.3. The summed E-state index contributed by atoms with van der Waals surface area (Å²) < 4.78 is 5.78. The molecule has 9 nitrogen and oxygen atoms in total. The third kappa shape index (κ3) is 5.53. The van der Waals surface area contributed by atoms with Crippen LogP contribution >= 0.6 is 7.94 Å². The van der Waals surface area contributed by atoms with Gasteiger partial charge in [-0.25, -0.2) is 4.98 Å². The molecule has 0 saturated carbocycles. The summed E-state index contributed by atoms with van der Waals surface area (Å²) in [6.45, 7) is 0.607. The first-order valence-corrected chi connectivity index (χ1v) is 10.0. The highest BCUT2D eigenvalue weighted by atomic mass is 31.2. The summed E-state index contributed by atoms with van der Waals surface area (Å²) in [5.74, 6) is -0.0567. The van der Waals surface area contributed by atoms with Gasteiger partial charge in [0.2, 0.25) is 5.88 Å². The summed E-state index contributed by atoms with van der Waals surface area (Å²) >= 11 is 0. The van der Waals surface area contributed by atoms with E-state index in [1.807, 2.05) is 30.3 Å². The fourth-order valence-electron chi connectivity index (χ4n) is 2.57. The average Bonchev–Trinajstić information content (AvgIpc) is 3.03. The van der Waals surface area contributed by atoms with E-state index in [0.717, 1.165) is 11.1 Å². The number of carbonyl (C=O) groups is 1. The van der Waals surface area contributed by atoms with Gasteiger partial charge in [0.1, 0.15) is 18.5 Å². The molecule has 0 radical (unpaired) electrons. The Bertz CT molecular complexity index is 911. The molecule has 2 aromatic heterocycles. The monoisotopic (exact) mass is 391 g/mol. The number of rotatable bonds is 9. The Morgan fingerprint density at radius 1 is 1.19 bits per heavy atom. The fraction of sp³-hybridized carbons (Fsp3) is 0.235. The molecule has 0 aliphatic rings. The highest BCUT2D eigenvalue weighted by molar-refractivity contribution is 7.59. The molecule has 3 aromatic rings. The van der Waals surface area contributed by atoms with Crippen LogP contribution in [0.3, 0.4) is 0 Å². The van der Waals surface area contributed by atoms with Gasteiger partial charge in [0.05, 0.1) is 12.1 Å². The van der Waals surface area contributed by atoms with Gasteiger partial charge in [0, 0.05) is 18.3 Å². The van der Waals surface area contributed by atoms with Crippen LogP contribution in [0.4, 0.5) is 0 Å². The van der Waals surface area contributed by atoms with Crippen LogP contribution in [-0.2, 0) is 17.9 Å². The number of benzene rings is 1. The Morgan fingerprint density at radius 2 is 1.96 bits per heavy atom. The summed E-state index contributed by atoms with van der Waals surface area (Å²) in [4.78, 5) is 49.8. The second-order valence-electron chi connectivity index (χ2n) is 5.98. The molecule has 0 bridgehead atoms. The predicted molar refractivity (Wildman–Crippen MR) is 99.8 cm³/mol. The maximum absolute atomic E-state index is 11.6. The molecule has 0 aliphatic heterocycles. The molecule has 27 heavy (non-hydrogen) atoms. The van der Waals surface area contributed by atoms with Crippen LogP contribution in [0.25, 0.3) is 11.0 Å². The lowest BCUT2D eigenvalue weighted by Crippen LogP contribution is -2.25. The third-order valence-electron chi connectivity index (χ3n) is 3.75. The van der Waals surface area contributed by atoms with E-state index < -0.39 is 19.9 Å². The largest absolute Gasteiger partial charge is 0.471 e. The number of H-pyrrole nitrogens is 1. The summed E-state index contributed by atoms with van der Waals surface area (Å²) in [5, 5.41) is 2.89. The lowest BCUT2D eigenvalue weighted by Gasteiger charge is -2.06. The van der Waals surface area contributed by atoms with Gasteiger partial charge in [0.15, 0.2) is 11.9 Å². The SMILES string of the molecule is O=C(CNCc1c[nH]c2c(OCc3ccccc3)ncnc12)C[P+](O)(O)O. The van der Waals surface area contributed by atoms with E-state index in [2.05, 4.69) is 20.3 Å². The summed E-state index contributed by atoms with van der Waals surface area (Å²) in [6.07, 6.45) is 2.49. The van der Waals surface area contributed by atoms with Crippen LogP contribution in [-0.4, -0.2) is 48.1 Å². The molecule has 2 heterocycles. The van der Waals surface area contributed by atoms with Crippen LogP contribution in [0.5, 0.6) is 5.88 Å². The van der Waals surface area contributed by atoms with Gasteiger partial charge in [0.25, 0.3) is 0 Å². The second kappa shape index (κ2) is 8.51. The van der Waals surface area contributed by atoms with Crippen molar-refractivity contribution in [2.45, 2.75) is 13.2 Å². The van der Waals surface area contributed by atoms with Crippen molar-refractivity contribution in [1.29, 1.82) is 0 Å². The van der Waals surface area contributed by atoms with Crippen LogP contribution in [0.2, 0.25) is 0 Å². The van der Waals surface area contributed by atoms with Crippen molar-refractivity contribution >= 4 is 24.8 Å². The quantitative estimate of drug-likeness (QED) is 0.339. The number of nitrogens with one attached hydrogen (secondary N) is 2. The molecule has 1 aromatic carbocycles. The molecule has 0 atom stereocenters. The molecule has 0 amide bonds. The molecule has 10 heteroatoms. The number of Topliss-reactive ketones (excluding diaryl/α,β-unsaturated/α-hetero) is 1. The Hall–Kier alpha value is -2.42. The second-order valence-corrected chi connectivity index (χ2v) is 7.68. The Balaban J connectivity index is 1.62. The molecular weight excluding hydrogens is 371 g/mol. The number of fused-ring (bicyclic) bond motifs is 1. The smallest absolute Gasteiger partial charge is 0.411 e. The van der Waals surface area contributed by atoms with Gasteiger partial charge in [-0.15, -0.1) is 0 Å². The Labute approximate surface area is 155 Å². The van der Waals surface area contributed by atoms with Gasteiger partial charge < -0.3 is 15.0 Å². The first kappa shape index (κ1) is 19.3. The highest BCUT2D eigenvalue weighted by Crippen LogP contribution is 2.43. The number of ether oxygens (including phenoxy) is 1. The van der Waals surface area contributed by atoms with Crippen molar-refractivity contribution in [2.24, 2.45) is 0 Å².